The number of hydrogen-bond acceptors (Lipinski definition) is 6. The van der Waals surface area contributed by atoms with Crippen molar-refractivity contribution < 1.29 is 0 Å². The van der Waals surface area contributed by atoms with Crippen LogP contribution < -0.4 is 11.1 Å². The molecule has 2 aromatic carbocycles. The Bertz CT molecular complexity index is 1590. The second kappa shape index (κ2) is 8.05. The van der Waals surface area contributed by atoms with Gasteiger partial charge in [0, 0.05) is 6.20 Å². The molecule has 1 unspecified atom stereocenters. The summed E-state index contributed by atoms with van der Waals surface area (Å²) in [5.41, 5.74) is 1.84. The van der Waals surface area contributed by atoms with Crippen LogP contribution in [0.1, 0.15) is 23.6 Å². The lowest BCUT2D eigenvalue weighted by molar-refractivity contribution is 0.787. The fraction of sp³-hybridized carbons (Fsp3) is 0.125. The van der Waals surface area contributed by atoms with Gasteiger partial charge in [-0.3, -0.25) is 9.59 Å². The Morgan fingerprint density at radius 1 is 0.938 bits per heavy atom. The van der Waals surface area contributed by atoms with Gasteiger partial charge in [-0.15, -0.1) is 0 Å². The number of hydrogen-bond donors (Lipinski definition) is 1. The standard InChI is InChI=1S/C24H19N5O2S/c1-14-11-12-25-20(13-14)29-23(31)17-8-4-6-10-19(17)27-24(29)32-15(2)21-26-18-9-5-3-7-16(18)22(30)28-21/h3-13,15H,1-2H3,(H,26,28,30). The second-order valence-corrected chi connectivity index (χ2v) is 8.78. The molecular weight excluding hydrogens is 422 g/mol. The third-order valence-electron chi connectivity index (χ3n) is 5.17. The van der Waals surface area contributed by atoms with Crippen LogP contribution in [-0.2, 0) is 0 Å². The lowest BCUT2D eigenvalue weighted by Gasteiger charge is -2.16. The van der Waals surface area contributed by atoms with Crippen molar-refractivity contribution in [2.45, 2.75) is 24.3 Å². The van der Waals surface area contributed by atoms with Gasteiger partial charge in [0.15, 0.2) is 5.16 Å². The lowest BCUT2D eigenvalue weighted by Crippen LogP contribution is -2.23. The molecule has 0 spiro atoms. The highest BCUT2D eigenvalue weighted by molar-refractivity contribution is 7.99. The molecule has 32 heavy (non-hydrogen) atoms. The van der Waals surface area contributed by atoms with Crippen molar-refractivity contribution >= 4 is 33.6 Å². The van der Waals surface area contributed by atoms with Crippen LogP contribution in [0.3, 0.4) is 0 Å². The molecule has 0 aliphatic heterocycles. The molecule has 0 bridgehead atoms. The Balaban J connectivity index is 1.66. The molecule has 0 amide bonds. The first-order chi connectivity index (χ1) is 15.5. The van der Waals surface area contributed by atoms with E-state index in [-0.39, 0.29) is 16.4 Å². The molecule has 0 radical (unpaired) electrons. The fourth-order valence-electron chi connectivity index (χ4n) is 3.55. The van der Waals surface area contributed by atoms with Crippen LogP contribution in [0.5, 0.6) is 0 Å². The van der Waals surface area contributed by atoms with Crippen LogP contribution in [0.25, 0.3) is 27.6 Å². The molecular formula is C24H19N5O2S. The van der Waals surface area contributed by atoms with Gasteiger partial charge in [0.1, 0.15) is 11.6 Å². The first kappa shape index (κ1) is 20.1. The minimum absolute atomic E-state index is 0.191. The molecule has 7 nitrogen and oxygen atoms in total. The van der Waals surface area contributed by atoms with Crippen molar-refractivity contribution in [1.29, 1.82) is 0 Å². The number of aryl methyl sites for hydroxylation is 1. The quantitative estimate of drug-likeness (QED) is 0.332. The van der Waals surface area contributed by atoms with Crippen molar-refractivity contribution in [2.24, 2.45) is 0 Å². The zero-order chi connectivity index (χ0) is 22.2. The van der Waals surface area contributed by atoms with Crippen molar-refractivity contribution in [3.05, 3.63) is 99.0 Å². The summed E-state index contributed by atoms with van der Waals surface area (Å²) in [6, 6.07) is 18.2. The molecule has 1 atom stereocenters. The van der Waals surface area contributed by atoms with Crippen LogP contribution in [0.15, 0.2) is 81.6 Å². The third kappa shape index (κ3) is 3.58. The Kier molecular flexibility index (Phi) is 5.07. The number of pyridine rings is 1. The fourth-order valence-corrected chi connectivity index (χ4v) is 4.52. The molecule has 5 aromatic rings. The molecule has 0 saturated heterocycles. The lowest BCUT2D eigenvalue weighted by atomic mass is 10.2. The van der Waals surface area contributed by atoms with Gasteiger partial charge in [-0.2, -0.15) is 0 Å². The second-order valence-electron chi connectivity index (χ2n) is 7.47. The monoisotopic (exact) mass is 441 g/mol. The number of benzene rings is 2. The number of thioether (sulfide) groups is 1. The number of aromatic nitrogens is 5. The molecule has 5 rings (SSSR count). The zero-order valence-corrected chi connectivity index (χ0v) is 18.3. The smallest absolute Gasteiger partial charge is 0.267 e. The number of aromatic amines is 1. The van der Waals surface area contributed by atoms with Crippen LogP contribution >= 0.6 is 11.8 Å². The van der Waals surface area contributed by atoms with E-state index in [1.807, 2.05) is 62.4 Å². The van der Waals surface area contributed by atoms with Gasteiger partial charge < -0.3 is 4.98 Å². The summed E-state index contributed by atoms with van der Waals surface area (Å²) in [5, 5.41) is 1.27. The Labute approximate surface area is 187 Å². The van der Waals surface area contributed by atoms with Crippen molar-refractivity contribution in [3.8, 4) is 5.82 Å². The molecule has 0 aliphatic carbocycles. The highest BCUT2D eigenvalue weighted by Gasteiger charge is 2.19. The summed E-state index contributed by atoms with van der Waals surface area (Å²) in [7, 11) is 0. The molecule has 1 N–H and O–H groups in total. The largest absolute Gasteiger partial charge is 0.309 e. The highest BCUT2D eigenvalue weighted by Crippen LogP contribution is 2.33. The zero-order valence-electron chi connectivity index (χ0n) is 17.4. The average molecular weight is 442 g/mol. The molecule has 0 fully saturated rings. The normalized spacial score (nSPS) is 12.3. The Hall–Kier alpha value is -3.78. The maximum absolute atomic E-state index is 13.4. The van der Waals surface area contributed by atoms with Crippen LogP contribution in [0.2, 0.25) is 0 Å². The molecule has 0 saturated carbocycles. The van der Waals surface area contributed by atoms with Crippen molar-refractivity contribution in [1.82, 2.24) is 24.5 Å². The predicted molar refractivity (Wildman–Crippen MR) is 127 cm³/mol. The number of H-pyrrole nitrogens is 1. The maximum Gasteiger partial charge on any atom is 0.267 e. The van der Waals surface area contributed by atoms with E-state index in [0.717, 1.165) is 5.56 Å². The van der Waals surface area contributed by atoms with Crippen LogP contribution in [0, 0.1) is 6.92 Å². The van der Waals surface area contributed by atoms with E-state index in [1.165, 1.54) is 16.3 Å². The SMILES string of the molecule is Cc1ccnc(-n2c(SC(C)c3nc4ccccc4c(=O)[nH]3)nc3ccccc3c2=O)c1. The third-order valence-corrected chi connectivity index (χ3v) is 6.23. The van der Waals surface area contributed by atoms with E-state index in [9.17, 15) is 9.59 Å². The summed E-state index contributed by atoms with van der Waals surface area (Å²) in [5.74, 6) is 1.02. The van der Waals surface area contributed by atoms with Gasteiger partial charge in [-0.05, 0) is 55.8 Å². The van der Waals surface area contributed by atoms with Gasteiger partial charge in [0.2, 0.25) is 0 Å². The van der Waals surface area contributed by atoms with Gasteiger partial charge in [0.25, 0.3) is 11.1 Å². The Morgan fingerprint density at radius 3 is 2.38 bits per heavy atom. The highest BCUT2D eigenvalue weighted by atomic mass is 32.2. The molecule has 3 aromatic heterocycles. The summed E-state index contributed by atoms with van der Waals surface area (Å²) in [6.45, 7) is 3.87. The van der Waals surface area contributed by atoms with Gasteiger partial charge in [0.05, 0.1) is 27.1 Å². The van der Waals surface area contributed by atoms with Crippen LogP contribution in [0.4, 0.5) is 0 Å². The number of rotatable bonds is 4. The number of para-hydroxylation sites is 2. The van der Waals surface area contributed by atoms with E-state index in [4.69, 9.17) is 4.98 Å². The summed E-state index contributed by atoms with van der Waals surface area (Å²) < 4.78 is 1.52. The van der Waals surface area contributed by atoms with Crippen molar-refractivity contribution in [2.75, 3.05) is 0 Å². The minimum Gasteiger partial charge on any atom is -0.309 e. The predicted octanol–water partition coefficient (Wildman–Crippen LogP) is 4.18. The van der Waals surface area contributed by atoms with Crippen LogP contribution in [-0.4, -0.2) is 24.5 Å². The molecule has 0 aliphatic rings. The van der Waals surface area contributed by atoms with E-state index in [2.05, 4.69) is 15.0 Å². The number of fused-ring (bicyclic) bond motifs is 2. The first-order valence-corrected chi connectivity index (χ1v) is 11.0. The van der Waals surface area contributed by atoms with Gasteiger partial charge >= 0.3 is 0 Å². The van der Waals surface area contributed by atoms with Gasteiger partial charge in [-0.25, -0.2) is 19.5 Å². The average Bonchev–Trinajstić information content (AvgIpc) is 2.79. The number of nitrogens with one attached hydrogen (secondary N) is 1. The van der Waals surface area contributed by atoms with E-state index in [1.54, 1.807) is 18.3 Å². The van der Waals surface area contributed by atoms with E-state index >= 15 is 0 Å². The summed E-state index contributed by atoms with van der Waals surface area (Å²) in [6.07, 6.45) is 1.67. The first-order valence-electron chi connectivity index (χ1n) is 10.1. The molecule has 8 heteroatoms. The number of nitrogens with zero attached hydrogens (tertiary/aromatic N) is 4. The van der Waals surface area contributed by atoms with Gasteiger partial charge in [-0.1, -0.05) is 36.0 Å². The van der Waals surface area contributed by atoms with E-state index < -0.39 is 0 Å². The molecule has 158 valence electrons. The molecule has 3 heterocycles. The summed E-state index contributed by atoms with van der Waals surface area (Å²) >= 11 is 1.35. The van der Waals surface area contributed by atoms with E-state index in [0.29, 0.717) is 38.6 Å². The summed E-state index contributed by atoms with van der Waals surface area (Å²) in [4.78, 5) is 42.6. The minimum atomic E-state index is -0.267. The maximum atomic E-state index is 13.4. The van der Waals surface area contributed by atoms with Crippen molar-refractivity contribution in [3.63, 3.8) is 0 Å². The topological polar surface area (TPSA) is 93.5 Å². The Morgan fingerprint density at radius 2 is 1.62 bits per heavy atom.